The number of furan rings is 1. The molecule has 2 rings (SSSR count). The van der Waals surface area contributed by atoms with E-state index < -0.39 is 10.0 Å². The van der Waals surface area contributed by atoms with Crippen molar-refractivity contribution in [3.05, 3.63) is 17.9 Å². The summed E-state index contributed by atoms with van der Waals surface area (Å²) in [6, 6.07) is 3.19. The van der Waals surface area contributed by atoms with Crippen molar-refractivity contribution >= 4 is 10.0 Å². The summed E-state index contributed by atoms with van der Waals surface area (Å²) < 4.78 is 35.9. The highest BCUT2D eigenvalue weighted by molar-refractivity contribution is 7.88. The molecule has 0 aromatic carbocycles. The summed E-state index contributed by atoms with van der Waals surface area (Å²) in [7, 11) is -0.513. The van der Waals surface area contributed by atoms with Crippen LogP contribution in [0.4, 0.5) is 0 Å². The second-order valence-corrected chi connectivity index (χ2v) is 7.55. The van der Waals surface area contributed by atoms with Gasteiger partial charge in [-0.05, 0) is 44.4 Å². The number of hydrogen-bond donors (Lipinski definition) is 1. The van der Waals surface area contributed by atoms with E-state index in [1.165, 1.54) is 33.0 Å². The van der Waals surface area contributed by atoms with E-state index in [9.17, 15) is 8.42 Å². The normalized spacial score (nSPS) is 20.0. The third-order valence-corrected chi connectivity index (χ3v) is 5.28. The van der Waals surface area contributed by atoms with Gasteiger partial charge in [0.05, 0.1) is 12.6 Å². The van der Waals surface area contributed by atoms with Crippen LogP contribution in [0.25, 0.3) is 0 Å². The summed E-state index contributed by atoms with van der Waals surface area (Å²) in [5, 5.41) is 3.25. The van der Waals surface area contributed by atoms with E-state index in [0.717, 1.165) is 30.3 Å². The Bertz CT molecular complexity index is 533. The van der Waals surface area contributed by atoms with Crippen LogP contribution in [0.3, 0.4) is 0 Å². The molecular formula is C14H24N2O4S. The largest absolute Gasteiger partial charge is 0.447 e. The molecule has 7 heteroatoms. The Morgan fingerprint density at radius 2 is 2.14 bits per heavy atom. The molecule has 1 aliphatic rings. The lowest BCUT2D eigenvalue weighted by molar-refractivity contribution is 0.0115. The molecule has 1 N–H and O–H groups in total. The zero-order valence-electron chi connectivity index (χ0n) is 12.7. The molecule has 1 aromatic heterocycles. The molecule has 1 fully saturated rings. The molecule has 1 atom stereocenters. The molecule has 0 amide bonds. The van der Waals surface area contributed by atoms with E-state index in [1.54, 1.807) is 6.07 Å². The molecule has 0 bridgehead atoms. The Morgan fingerprint density at radius 3 is 2.81 bits per heavy atom. The Labute approximate surface area is 126 Å². The fourth-order valence-electron chi connectivity index (χ4n) is 2.28. The summed E-state index contributed by atoms with van der Waals surface area (Å²) in [5.74, 6) is 0.625. The summed E-state index contributed by atoms with van der Waals surface area (Å²) in [4.78, 5) is 0. The van der Waals surface area contributed by atoms with Crippen LogP contribution in [-0.2, 0) is 21.3 Å². The SMILES string of the molecule is CN(C)S(=O)(=O)c1ccc(CNCCC2CCCCO2)o1. The van der Waals surface area contributed by atoms with Crippen molar-refractivity contribution < 1.29 is 17.6 Å². The van der Waals surface area contributed by atoms with Crippen LogP contribution in [0.15, 0.2) is 21.6 Å². The van der Waals surface area contributed by atoms with Crippen LogP contribution in [0.5, 0.6) is 0 Å². The standard InChI is InChI=1S/C14H24N2O4S/c1-16(2)21(17,18)14-7-6-13(20-14)11-15-9-8-12-5-3-4-10-19-12/h6-7,12,15H,3-5,8-11H2,1-2H3. The first kappa shape index (κ1) is 16.5. The Kier molecular flexibility index (Phi) is 5.80. The fourth-order valence-corrected chi connectivity index (χ4v) is 3.09. The summed E-state index contributed by atoms with van der Waals surface area (Å²) in [6.07, 6.45) is 4.87. The van der Waals surface area contributed by atoms with Crippen LogP contribution < -0.4 is 5.32 Å². The summed E-state index contributed by atoms with van der Waals surface area (Å²) >= 11 is 0. The Balaban J connectivity index is 1.75. The van der Waals surface area contributed by atoms with E-state index in [1.807, 2.05) is 0 Å². The van der Waals surface area contributed by atoms with Gasteiger partial charge in [-0.1, -0.05) is 0 Å². The smallest absolute Gasteiger partial charge is 0.275 e. The molecule has 2 heterocycles. The van der Waals surface area contributed by atoms with Gasteiger partial charge in [-0.3, -0.25) is 0 Å². The number of rotatable bonds is 7. The maximum Gasteiger partial charge on any atom is 0.275 e. The van der Waals surface area contributed by atoms with Gasteiger partial charge in [-0.15, -0.1) is 0 Å². The highest BCUT2D eigenvalue weighted by atomic mass is 32.2. The van der Waals surface area contributed by atoms with Crippen molar-refractivity contribution in [1.82, 2.24) is 9.62 Å². The molecular weight excluding hydrogens is 292 g/mol. The van der Waals surface area contributed by atoms with Gasteiger partial charge in [0.2, 0.25) is 5.09 Å². The van der Waals surface area contributed by atoms with Crippen molar-refractivity contribution in [2.75, 3.05) is 27.2 Å². The van der Waals surface area contributed by atoms with Gasteiger partial charge in [-0.25, -0.2) is 12.7 Å². The zero-order chi connectivity index (χ0) is 15.3. The van der Waals surface area contributed by atoms with Crippen molar-refractivity contribution in [2.24, 2.45) is 0 Å². The lowest BCUT2D eigenvalue weighted by atomic mass is 10.1. The second-order valence-electron chi connectivity index (χ2n) is 5.46. The monoisotopic (exact) mass is 316 g/mol. The minimum absolute atomic E-state index is 0.0140. The molecule has 120 valence electrons. The predicted octanol–water partition coefficient (Wildman–Crippen LogP) is 1.58. The maximum absolute atomic E-state index is 11.9. The zero-order valence-corrected chi connectivity index (χ0v) is 13.5. The second kappa shape index (κ2) is 7.40. The maximum atomic E-state index is 11.9. The molecule has 1 aliphatic heterocycles. The van der Waals surface area contributed by atoms with E-state index >= 15 is 0 Å². The van der Waals surface area contributed by atoms with Gasteiger partial charge in [-0.2, -0.15) is 0 Å². The predicted molar refractivity (Wildman–Crippen MR) is 79.5 cm³/mol. The van der Waals surface area contributed by atoms with Gasteiger partial charge < -0.3 is 14.5 Å². The van der Waals surface area contributed by atoms with Crippen LogP contribution in [-0.4, -0.2) is 46.1 Å². The van der Waals surface area contributed by atoms with Crippen molar-refractivity contribution in [1.29, 1.82) is 0 Å². The molecule has 0 saturated carbocycles. The number of nitrogens with one attached hydrogen (secondary N) is 1. The summed E-state index contributed by atoms with van der Waals surface area (Å²) in [6.45, 7) is 2.23. The van der Waals surface area contributed by atoms with Gasteiger partial charge in [0.15, 0.2) is 0 Å². The fraction of sp³-hybridized carbons (Fsp3) is 0.714. The van der Waals surface area contributed by atoms with Gasteiger partial charge in [0.25, 0.3) is 10.0 Å². The average Bonchev–Trinajstić information content (AvgIpc) is 2.94. The highest BCUT2D eigenvalue weighted by Gasteiger charge is 2.21. The molecule has 21 heavy (non-hydrogen) atoms. The van der Waals surface area contributed by atoms with Gasteiger partial charge in [0.1, 0.15) is 5.76 Å². The minimum atomic E-state index is -3.48. The highest BCUT2D eigenvalue weighted by Crippen LogP contribution is 2.17. The molecule has 1 aromatic rings. The molecule has 0 spiro atoms. The Hall–Kier alpha value is -0.890. The van der Waals surface area contributed by atoms with Crippen molar-refractivity contribution in [3.63, 3.8) is 0 Å². The quantitative estimate of drug-likeness (QED) is 0.773. The number of nitrogens with zero attached hydrogens (tertiary/aromatic N) is 1. The van der Waals surface area contributed by atoms with Crippen LogP contribution in [0.1, 0.15) is 31.4 Å². The molecule has 0 radical (unpaired) electrons. The van der Waals surface area contributed by atoms with E-state index in [4.69, 9.17) is 9.15 Å². The van der Waals surface area contributed by atoms with E-state index in [0.29, 0.717) is 18.4 Å². The Morgan fingerprint density at radius 1 is 1.33 bits per heavy atom. The average molecular weight is 316 g/mol. The van der Waals surface area contributed by atoms with Gasteiger partial charge >= 0.3 is 0 Å². The van der Waals surface area contributed by atoms with E-state index in [-0.39, 0.29) is 5.09 Å². The first-order chi connectivity index (χ1) is 10.00. The topological polar surface area (TPSA) is 71.8 Å². The molecule has 1 unspecified atom stereocenters. The van der Waals surface area contributed by atoms with Crippen molar-refractivity contribution in [2.45, 2.75) is 43.4 Å². The number of ether oxygens (including phenoxy) is 1. The summed E-state index contributed by atoms with van der Waals surface area (Å²) in [5.41, 5.74) is 0. The van der Waals surface area contributed by atoms with E-state index in [2.05, 4.69) is 5.32 Å². The third kappa shape index (κ3) is 4.54. The lowest BCUT2D eigenvalue weighted by Gasteiger charge is -2.22. The van der Waals surface area contributed by atoms with Crippen LogP contribution in [0.2, 0.25) is 0 Å². The first-order valence-corrected chi connectivity index (χ1v) is 8.77. The van der Waals surface area contributed by atoms with Crippen LogP contribution >= 0.6 is 0 Å². The number of hydrogen-bond acceptors (Lipinski definition) is 5. The third-order valence-electron chi connectivity index (χ3n) is 3.59. The molecule has 1 saturated heterocycles. The van der Waals surface area contributed by atoms with Crippen molar-refractivity contribution in [3.8, 4) is 0 Å². The number of sulfonamides is 1. The molecule has 0 aliphatic carbocycles. The first-order valence-electron chi connectivity index (χ1n) is 7.33. The van der Waals surface area contributed by atoms with Gasteiger partial charge in [0, 0.05) is 20.7 Å². The minimum Gasteiger partial charge on any atom is -0.447 e. The van der Waals surface area contributed by atoms with Crippen LogP contribution in [0, 0.1) is 0 Å². The molecule has 6 nitrogen and oxygen atoms in total. The lowest BCUT2D eigenvalue weighted by Crippen LogP contribution is -2.25.